The molecule has 2 aliphatic rings. The van der Waals surface area contributed by atoms with E-state index < -0.39 is 35.3 Å². The van der Waals surface area contributed by atoms with Crippen LogP contribution < -0.4 is 15.4 Å². The summed E-state index contributed by atoms with van der Waals surface area (Å²) in [7, 11) is 0. The molecule has 1 saturated heterocycles. The van der Waals surface area contributed by atoms with Crippen LogP contribution in [0, 0.1) is 5.41 Å². The number of aliphatic carboxylic acids is 1. The van der Waals surface area contributed by atoms with Crippen molar-refractivity contribution in [3.8, 4) is 0 Å². The maximum Gasteiger partial charge on any atom is 0.433 e. The first-order valence-corrected chi connectivity index (χ1v) is 10.6. The number of thioether (sulfide) groups is 1. The number of hydrogen-bond donors (Lipinski definition) is 5. The van der Waals surface area contributed by atoms with Gasteiger partial charge in [-0.3, -0.25) is 24.7 Å². The molecule has 3 heterocycles. The molecule has 160 valence electrons. The lowest BCUT2D eigenvalue weighted by Gasteiger charge is -2.49. The Balaban J connectivity index is 1.79. The van der Waals surface area contributed by atoms with Gasteiger partial charge in [-0.15, -0.1) is 23.1 Å². The van der Waals surface area contributed by atoms with E-state index in [2.05, 4.69) is 25.6 Å². The largest absolute Gasteiger partial charge is 0.477 e. The van der Waals surface area contributed by atoms with Gasteiger partial charge in [0.25, 0.3) is 11.8 Å². The fourth-order valence-electron chi connectivity index (χ4n) is 2.88. The number of nitrogens with one attached hydrogen (secondary N) is 4. The predicted octanol–water partition coefficient (Wildman–Crippen LogP) is -0.236. The monoisotopic (exact) mass is 454 g/mol. The minimum atomic E-state index is -1.20. The van der Waals surface area contributed by atoms with Crippen LogP contribution >= 0.6 is 23.1 Å². The maximum absolute atomic E-state index is 12.8. The van der Waals surface area contributed by atoms with Gasteiger partial charge in [0.05, 0.1) is 5.69 Å². The third-order valence-electron chi connectivity index (χ3n) is 4.20. The van der Waals surface area contributed by atoms with E-state index in [1.165, 1.54) is 17.1 Å². The fourth-order valence-corrected chi connectivity index (χ4v) is 4.74. The highest BCUT2D eigenvalue weighted by Gasteiger charge is 2.54. The van der Waals surface area contributed by atoms with E-state index in [9.17, 15) is 24.3 Å². The Morgan fingerprint density at radius 1 is 1.47 bits per heavy atom. The summed E-state index contributed by atoms with van der Waals surface area (Å²) in [6, 6.07) is -0.964. The molecule has 2 aliphatic heterocycles. The van der Waals surface area contributed by atoms with Crippen molar-refractivity contribution < 1.29 is 29.1 Å². The van der Waals surface area contributed by atoms with E-state index in [1.807, 2.05) is 0 Å². The molecule has 5 N–H and O–H groups in total. The minimum Gasteiger partial charge on any atom is -0.477 e. The number of nitrogens with zero attached hydrogens (tertiary/aromatic N) is 2. The van der Waals surface area contributed by atoms with E-state index in [0.717, 1.165) is 16.2 Å². The van der Waals surface area contributed by atoms with Crippen LogP contribution in [0.5, 0.6) is 0 Å². The van der Waals surface area contributed by atoms with Crippen molar-refractivity contribution in [3.05, 3.63) is 27.1 Å². The topological polar surface area (TPSA) is 177 Å². The Labute approximate surface area is 177 Å². The smallest absolute Gasteiger partial charge is 0.433 e. The van der Waals surface area contributed by atoms with Gasteiger partial charge in [-0.2, -0.15) is 0 Å². The van der Waals surface area contributed by atoms with Crippen LogP contribution in [0.4, 0.5) is 4.79 Å². The molecule has 0 aliphatic carbocycles. The number of carbonyl (C=O) groups is 4. The molecule has 0 spiro atoms. The number of β-lactam (4-membered cyclic amide) rings is 1. The molecule has 12 nitrogen and oxygen atoms in total. The van der Waals surface area contributed by atoms with Gasteiger partial charge < -0.3 is 20.7 Å². The zero-order chi connectivity index (χ0) is 22.0. The van der Waals surface area contributed by atoms with Crippen LogP contribution in [-0.2, 0) is 19.2 Å². The summed E-state index contributed by atoms with van der Waals surface area (Å²) < 4.78 is 0. The maximum atomic E-state index is 12.8. The number of carbonyl (C=O) groups excluding carboxylic acids is 3. The van der Waals surface area contributed by atoms with Crippen molar-refractivity contribution in [3.63, 3.8) is 0 Å². The first-order valence-electron chi connectivity index (χ1n) is 8.68. The highest BCUT2D eigenvalue weighted by atomic mass is 32.2. The number of fused-ring (bicyclic) bond motifs is 1. The summed E-state index contributed by atoms with van der Waals surface area (Å²) in [6.07, 6.45) is -0.871. The number of H-pyrrole nitrogens is 1. The third-order valence-corrected chi connectivity index (χ3v) is 6.32. The molecule has 0 bridgehead atoms. The van der Waals surface area contributed by atoms with Crippen molar-refractivity contribution >= 4 is 52.7 Å². The number of amides is 3. The lowest BCUT2D eigenvalue weighted by molar-refractivity contribution is -0.150. The molecule has 1 fully saturated rings. The Bertz CT molecular complexity index is 1030. The number of hydrogen-bond acceptors (Lipinski definition) is 9. The Morgan fingerprint density at radius 3 is 2.80 bits per heavy atom. The molecular formula is C16H18N6O6S2. The summed E-state index contributed by atoms with van der Waals surface area (Å²) in [5.41, 5.74) is 0.296. The number of aromatic nitrogens is 1. The average molecular weight is 454 g/mol. The van der Waals surface area contributed by atoms with Gasteiger partial charge in [0.15, 0.2) is 10.5 Å². The van der Waals surface area contributed by atoms with Gasteiger partial charge >= 0.3 is 12.1 Å². The van der Waals surface area contributed by atoms with Crippen LogP contribution in [0.15, 0.2) is 21.8 Å². The zero-order valence-electron chi connectivity index (χ0n) is 15.8. The Kier molecular flexibility index (Phi) is 6.26. The van der Waals surface area contributed by atoms with Gasteiger partial charge in [0.1, 0.15) is 17.1 Å². The second-order valence-corrected chi connectivity index (χ2v) is 8.23. The van der Waals surface area contributed by atoms with Crippen LogP contribution in [0.3, 0.4) is 0 Å². The molecule has 30 heavy (non-hydrogen) atoms. The van der Waals surface area contributed by atoms with Crippen LogP contribution in [0.1, 0.15) is 19.5 Å². The normalized spacial score (nSPS) is 20.9. The molecule has 0 saturated carbocycles. The predicted molar refractivity (Wildman–Crippen MR) is 107 cm³/mol. The van der Waals surface area contributed by atoms with Crippen molar-refractivity contribution in [1.82, 2.24) is 20.5 Å². The lowest BCUT2D eigenvalue weighted by Crippen LogP contribution is -2.71. The average Bonchev–Trinajstić information content (AvgIpc) is 3.12. The molecule has 0 aromatic carbocycles. The summed E-state index contributed by atoms with van der Waals surface area (Å²) >= 11 is 2.33. The Hall–Kier alpha value is -3.13. The van der Waals surface area contributed by atoms with E-state index in [4.69, 9.17) is 5.41 Å². The summed E-state index contributed by atoms with van der Waals surface area (Å²) in [5.74, 6) is -2.17. The van der Waals surface area contributed by atoms with E-state index in [1.54, 1.807) is 13.8 Å². The van der Waals surface area contributed by atoms with Crippen molar-refractivity contribution in [2.24, 2.45) is 5.16 Å². The van der Waals surface area contributed by atoms with Gasteiger partial charge in [0, 0.05) is 17.7 Å². The number of thiazole rings is 1. The fraction of sp³-hybridized carbons (Fsp3) is 0.375. The minimum absolute atomic E-state index is 0.0453. The highest BCUT2D eigenvalue weighted by Crippen LogP contribution is 2.40. The lowest BCUT2D eigenvalue weighted by atomic mass is 10.0. The SMILES string of the molecule is CCNC(=O)ON=C(C(=O)NC1C(=O)N2C(C(=O)O)=C(C)CS[C@@H]12)c1csc(=N)[nH]1. The molecule has 1 unspecified atom stereocenters. The van der Waals surface area contributed by atoms with E-state index >= 15 is 0 Å². The molecule has 3 rings (SSSR count). The van der Waals surface area contributed by atoms with Crippen LogP contribution in [0.25, 0.3) is 0 Å². The standard InChI is InChI=1S/C16H18N6O6S2/c1-3-18-16(27)28-21-8(7-5-30-15(17)19-7)11(23)20-9-12(24)22-10(14(25)26)6(2)4-29-13(9)22/h5,9,13H,3-4H2,1-2H3,(H2,17,19)(H,18,27)(H,20,23)(H,25,26)/t9?,13-/m0/s1. The molecule has 0 radical (unpaired) electrons. The zero-order valence-corrected chi connectivity index (χ0v) is 17.5. The molecule has 1 aromatic rings. The first-order chi connectivity index (χ1) is 14.2. The summed E-state index contributed by atoms with van der Waals surface area (Å²) in [5, 5.41) is 26.3. The van der Waals surface area contributed by atoms with Gasteiger partial charge in [0.2, 0.25) is 0 Å². The van der Waals surface area contributed by atoms with Crippen molar-refractivity contribution in [1.29, 1.82) is 5.41 Å². The summed E-state index contributed by atoms with van der Waals surface area (Å²) in [6.45, 7) is 3.61. The number of carboxylic acid groups (broad SMARTS) is 1. The van der Waals surface area contributed by atoms with Crippen molar-refractivity contribution in [2.75, 3.05) is 12.3 Å². The van der Waals surface area contributed by atoms with E-state index in [0.29, 0.717) is 17.9 Å². The molecule has 2 atom stereocenters. The molecule has 14 heteroatoms. The second-order valence-electron chi connectivity index (χ2n) is 6.25. The second kappa shape index (κ2) is 8.71. The molecular weight excluding hydrogens is 436 g/mol. The quantitative estimate of drug-likeness (QED) is 0.170. The summed E-state index contributed by atoms with van der Waals surface area (Å²) in [4.78, 5) is 56.8. The Morgan fingerprint density at radius 2 is 2.20 bits per heavy atom. The van der Waals surface area contributed by atoms with Gasteiger partial charge in [-0.25, -0.2) is 9.59 Å². The van der Waals surface area contributed by atoms with Gasteiger partial charge in [-0.05, 0) is 19.4 Å². The molecule has 1 aromatic heterocycles. The van der Waals surface area contributed by atoms with Crippen LogP contribution in [0.2, 0.25) is 0 Å². The molecule has 3 amide bonds. The van der Waals surface area contributed by atoms with Gasteiger partial charge in [-0.1, -0.05) is 5.16 Å². The number of rotatable bonds is 6. The number of oxime groups is 1. The number of carboxylic acids is 1. The third kappa shape index (κ3) is 4.09. The first kappa shape index (κ1) is 21.6. The number of aromatic amines is 1. The highest BCUT2D eigenvalue weighted by molar-refractivity contribution is 8.00. The van der Waals surface area contributed by atoms with E-state index in [-0.39, 0.29) is 21.9 Å². The van der Waals surface area contributed by atoms with Crippen molar-refractivity contribution in [2.45, 2.75) is 25.3 Å². The van der Waals surface area contributed by atoms with Crippen LogP contribution in [-0.4, -0.2) is 68.3 Å².